The molecule has 0 aliphatic rings. The lowest BCUT2D eigenvalue weighted by Crippen LogP contribution is -2.21. The molecule has 2 aromatic rings. The number of ether oxygens (including phenoxy) is 2. The van der Waals surface area contributed by atoms with Gasteiger partial charge in [0.15, 0.2) is 6.61 Å². The van der Waals surface area contributed by atoms with Crippen molar-refractivity contribution in [2.24, 2.45) is 0 Å². The normalized spacial score (nSPS) is 10.3. The number of carbonyl (C=O) groups is 1. The van der Waals surface area contributed by atoms with Crippen molar-refractivity contribution in [1.82, 2.24) is 0 Å². The number of amides is 1. The van der Waals surface area contributed by atoms with Crippen molar-refractivity contribution in [1.29, 1.82) is 0 Å². The standard InChI is InChI=1S/C17H18N2O5/c1-12(2)24-16-6-4-3-5-15(16)18-17(20)11-23-14-9-7-13(8-10-14)19(21)22/h3-10,12H,11H2,1-2H3,(H,18,20). The van der Waals surface area contributed by atoms with Gasteiger partial charge in [-0.2, -0.15) is 0 Å². The van der Waals surface area contributed by atoms with E-state index in [-0.39, 0.29) is 24.3 Å². The van der Waals surface area contributed by atoms with E-state index in [0.29, 0.717) is 17.2 Å². The van der Waals surface area contributed by atoms with Crippen LogP contribution >= 0.6 is 0 Å². The summed E-state index contributed by atoms with van der Waals surface area (Å²) in [5, 5.41) is 13.3. The molecule has 0 saturated carbocycles. The third-order valence-electron chi connectivity index (χ3n) is 2.94. The molecule has 1 N–H and O–H groups in total. The van der Waals surface area contributed by atoms with Gasteiger partial charge < -0.3 is 14.8 Å². The van der Waals surface area contributed by atoms with Gasteiger partial charge in [-0.05, 0) is 38.1 Å². The second-order valence-corrected chi connectivity index (χ2v) is 5.25. The number of hydrogen-bond acceptors (Lipinski definition) is 5. The molecule has 0 saturated heterocycles. The number of hydrogen-bond donors (Lipinski definition) is 1. The predicted octanol–water partition coefficient (Wildman–Crippen LogP) is 3.40. The summed E-state index contributed by atoms with van der Waals surface area (Å²) in [6.45, 7) is 3.58. The molecule has 0 bridgehead atoms. The lowest BCUT2D eigenvalue weighted by atomic mass is 10.3. The van der Waals surface area contributed by atoms with Gasteiger partial charge in [0.05, 0.1) is 16.7 Å². The first-order valence-corrected chi connectivity index (χ1v) is 7.38. The minimum Gasteiger partial charge on any atom is -0.489 e. The van der Waals surface area contributed by atoms with Crippen molar-refractivity contribution in [3.05, 3.63) is 58.6 Å². The van der Waals surface area contributed by atoms with E-state index in [2.05, 4.69) is 5.32 Å². The van der Waals surface area contributed by atoms with Crippen LogP contribution in [-0.2, 0) is 4.79 Å². The number of nitro groups is 1. The van der Waals surface area contributed by atoms with Crippen LogP contribution in [0.2, 0.25) is 0 Å². The summed E-state index contributed by atoms with van der Waals surface area (Å²) in [6, 6.07) is 12.6. The van der Waals surface area contributed by atoms with Crippen LogP contribution in [0.3, 0.4) is 0 Å². The number of rotatable bonds is 7. The van der Waals surface area contributed by atoms with Crippen LogP contribution in [0.1, 0.15) is 13.8 Å². The SMILES string of the molecule is CC(C)Oc1ccccc1NC(=O)COc1ccc([N+](=O)[O-])cc1. The fraction of sp³-hybridized carbons (Fsp3) is 0.235. The van der Waals surface area contributed by atoms with Crippen LogP contribution in [0.25, 0.3) is 0 Å². The molecule has 126 valence electrons. The van der Waals surface area contributed by atoms with Gasteiger partial charge >= 0.3 is 0 Å². The van der Waals surface area contributed by atoms with Gasteiger partial charge in [0.25, 0.3) is 11.6 Å². The van der Waals surface area contributed by atoms with Crippen molar-refractivity contribution in [2.75, 3.05) is 11.9 Å². The minimum absolute atomic E-state index is 0.0144. The van der Waals surface area contributed by atoms with Crippen LogP contribution in [0, 0.1) is 10.1 Å². The molecule has 7 nitrogen and oxygen atoms in total. The molecule has 7 heteroatoms. The first kappa shape index (κ1) is 17.3. The molecule has 0 spiro atoms. The molecule has 1 amide bonds. The van der Waals surface area contributed by atoms with Gasteiger partial charge in [0, 0.05) is 12.1 Å². The van der Waals surface area contributed by atoms with Crippen molar-refractivity contribution in [3.8, 4) is 11.5 Å². The van der Waals surface area contributed by atoms with E-state index in [0.717, 1.165) is 0 Å². The largest absolute Gasteiger partial charge is 0.489 e. The first-order chi connectivity index (χ1) is 11.5. The number of nitro benzene ring substituents is 1. The Hall–Kier alpha value is -3.09. The summed E-state index contributed by atoms with van der Waals surface area (Å²) in [5.74, 6) is 0.604. The maximum absolute atomic E-state index is 12.0. The van der Waals surface area contributed by atoms with E-state index in [1.54, 1.807) is 18.2 Å². The topological polar surface area (TPSA) is 90.7 Å². The lowest BCUT2D eigenvalue weighted by Gasteiger charge is -2.15. The van der Waals surface area contributed by atoms with E-state index >= 15 is 0 Å². The number of carbonyl (C=O) groups excluding carboxylic acids is 1. The summed E-state index contributed by atoms with van der Waals surface area (Å²) in [4.78, 5) is 22.1. The van der Waals surface area contributed by atoms with Crippen LogP contribution < -0.4 is 14.8 Å². The molecule has 0 unspecified atom stereocenters. The monoisotopic (exact) mass is 330 g/mol. The van der Waals surface area contributed by atoms with Gasteiger partial charge in [0.2, 0.25) is 0 Å². The molecule has 2 rings (SSSR count). The zero-order valence-corrected chi connectivity index (χ0v) is 13.4. The lowest BCUT2D eigenvalue weighted by molar-refractivity contribution is -0.384. The fourth-order valence-corrected chi connectivity index (χ4v) is 1.93. The van der Waals surface area contributed by atoms with Gasteiger partial charge in [-0.25, -0.2) is 0 Å². The van der Waals surface area contributed by atoms with Crippen LogP contribution in [0.4, 0.5) is 11.4 Å². The number of benzene rings is 2. The number of nitrogens with one attached hydrogen (secondary N) is 1. The van der Waals surface area contributed by atoms with Gasteiger partial charge in [-0.3, -0.25) is 14.9 Å². The van der Waals surface area contributed by atoms with Gasteiger partial charge in [-0.15, -0.1) is 0 Å². The summed E-state index contributed by atoms with van der Waals surface area (Å²) < 4.78 is 10.9. The molecule has 0 radical (unpaired) electrons. The molecule has 0 atom stereocenters. The number of non-ortho nitro benzene ring substituents is 1. The zero-order chi connectivity index (χ0) is 17.5. The molecule has 0 aliphatic carbocycles. The van der Waals surface area contributed by atoms with E-state index in [1.165, 1.54) is 24.3 Å². The van der Waals surface area contributed by atoms with Crippen molar-refractivity contribution in [3.63, 3.8) is 0 Å². The van der Waals surface area contributed by atoms with Crippen molar-refractivity contribution < 1.29 is 19.2 Å². The smallest absolute Gasteiger partial charge is 0.269 e. The maximum Gasteiger partial charge on any atom is 0.269 e. The Morgan fingerprint density at radius 1 is 1.17 bits per heavy atom. The maximum atomic E-state index is 12.0. The minimum atomic E-state index is -0.498. The third-order valence-corrected chi connectivity index (χ3v) is 2.94. The van der Waals surface area contributed by atoms with E-state index in [9.17, 15) is 14.9 Å². The van der Waals surface area contributed by atoms with Crippen LogP contribution in [0.5, 0.6) is 11.5 Å². The van der Waals surface area contributed by atoms with E-state index < -0.39 is 4.92 Å². The number of para-hydroxylation sites is 2. The Kier molecular flexibility index (Phi) is 5.73. The predicted molar refractivity (Wildman–Crippen MR) is 89.4 cm³/mol. The molecular formula is C17H18N2O5. The van der Waals surface area contributed by atoms with E-state index in [1.807, 2.05) is 19.9 Å². The second-order valence-electron chi connectivity index (χ2n) is 5.25. The number of anilines is 1. The Morgan fingerprint density at radius 2 is 1.83 bits per heavy atom. The molecular weight excluding hydrogens is 312 g/mol. The van der Waals surface area contributed by atoms with Gasteiger partial charge in [0.1, 0.15) is 11.5 Å². The molecule has 24 heavy (non-hydrogen) atoms. The average molecular weight is 330 g/mol. The molecule has 0 heterocycles. The Labute approximate surface area is 139 Å². The summed E-state index contributed by atoms with van der Waals surface area (Å²) in [6.07, 6.45) is -0.0144. The first-order valence-electron chi connectivity index (χ1n) is 7.38. The highest BCUT2D eigenvalue weighted by molar-refractivity contribution is 5.93. The Bertz CT molecular complexity index is 713. The third kappa shape index (κ3) is 4.98. The molecule has 0 aromatic heterocycles. The molecule has 0 fully saturated rings. The summed E-state index contributed by atoms with van der Waals surface area (Å²) >= 11 is 0. The second kappa shape index (κ2) is 7.96. The highest BCUT2D eigenvalue weighted by Gasteiger charge is 2.10. The van der Waals surface area contributed by atoms with Gasteiger partial charge in [-0.1, -0.05) is 12.1 Å². The van der Waals surface area contributed by atoms with Crippen molar-refractivity contribution in [2.45, 2.75) is 20.0 Å². The number of nitrogens with zero attached hydrogens (tertiary/aromatic N) is 1. The Balaban J connectivity index is 1.93. The quantitative estimate of drug-likeness (QED) is 0.620. The van der Waals surface area contributed by atoms with Crippen LogP contribution in [0.15, 0.2) is 48.5 Å². The highest BCUT2D eigenvalue weighted by Crippen LogP contribution is 2.25. The highest BCUT2D eigenvalue weighted by atomic mass is 16.6. The fourth-order valence-electron chi connectivity index (χ4n) is 1.93. The van der Waals surface area contributed by atoms with Crippen LogP contribution in [-0.4, -0.2) is 23.5 Å². The summed E-state index contributed by atoms with van der Waals surface area (Å²) in [5.41, 5.74) is 0.523. The zero-order valence-electron chi connectivity index (χ0n) is 13.4. The van der Waals surface area contributed by atoms with Crippen molar-refractivity contribution >= 4 is 17.3 Å². The molecule has 0 aliphatic heterocycles. The summed E-state index contributed by atoms with van der Waals surface area (Å²) in [7, 11) is 0. The molecule has 2 aromatic carbocycles. The van der Waals surface area contributed by atoms with E-state index in [4.69, 9.17) is 9.47 Å². The average Bonchev–Trinajstić information content (AvgIpc) is 2.54. The Morgan fingerprint density at radius 3 is 2.46 bits per heavy atom.